The van der Waals surface area contributed by atoms with Crippen LogP contribution >= 0.6 is 0 Å². The standard InChI is InChI=1S/C15H14F2O3/c16-11-4-6-14(7-5-11)19-9-13(18)10-20-15-3-1-2-12(17)8-15/h1-8,13,18H,9-10H2. The van der Waals surface area contributed by atoms with Crippen LogP contribution in [0.3, 0.4) is 0 Å². The van der Waals surface area contributed by atoms with Crippen LogP contribution in [-0.4, -0.2) is 24.4 Å². The Hall–Kier alpha value is -2.14. The number of aliphatic hydroxyl groups is 1. The SMILES string of the molecule is OC(COc1ccc(F)cc1)COc1cccc(F)c1. The molecule has 0 aliphatic carbocycles. The third kappa shape index (κ3) is 4.51. The van der Waals surface area contributed by atoms with Crippen molar-refractivity contribution in [1.82, 2.24) is 0 Å². The van der Waals surface area contributed by atoms with Crippen LogP contribution in [0.2, 0.25) is 0 Å². The monoisotopic (exact) mass is 280 g/mol. The third-order valence-corrected chi connectivity index (χ3v) is 2.49. The van der Waals surface area contributed by atoms with Crippen molar-refractivity contribution in [2.75, 3.05) is 13.2 Å². The van der Waals surface area contributed by atoms with Crippen molar-refractivity contribution in [3.05, 3.63) is 60.2 Å². The maximum atomic E-state index is 12.9. The number of halogens is 2. The summed E-state index contributed by atoms with van der Waals surface area (Å²) in [6, 6.07) is 11.1. The molecule has 0 saturated heterocycles. The molecular formula is C15H14F2O3. The van der Waals surface area contributed by atoms with Gasteiger partial charge in [0.05, 0.1) is 0 Å². The van der Waals surface area contributed by atoms with E-state index < -0.39 is 11.9 Å². The summed E-state index contributed by atoms with van der Waals surface area (Å²) in [5.41, 5.74) is 0. The molecular weight excluding hydrogens is 266 g/mol. The van der Waals surface area contributed by atoms with Crippen LogP contribution in [0.5, 0.6) is 11.5 Å². The van der Waals surface area contributed by atoms with Gasteiger partial charge < -0.3 is 14.6 Å². The Morgan fingerprint density at radius 1 is 0.850 bits per heavy atom. The summed E-state index contributed by atoms with van der Waals surface area (Å²) in [7, 11) is 0. The predicted octanol–water partition coefficient (Wildman–Crippen LogP) is 2.78. The van der Waals surface area contributed by atoms with E-state index in [1.54, 1.807) is 6.07 Å². The van der Waals surface area contributed by atoms with Gasteiger partial charge in [-0.15, -0.1) is 0 Å². The molecule has 0 aromatic heterocycles. The number of hydrogen-bond donors (Lipinski definition) is 1. The van der Waals surface area contributed by atoms with Crippen molar-refractivity contribution < 1.29 is 23.4 Å². The first-order chi connectivity index (χ1) is 9.63. The Bertz CT molecular complexity index is 543. The van der Waals surface area contributed by atoms with E-state index in [1.807, 2.05) is 0 Å². The van der Waals surface area contributed by atoms with E-state index in [4.69, 9.17) is 9.47 Å². The highest BCUT2D eigenvalue weighted by atomic mass is 19.1. The van der Waals surface area contributed by atoms with E-state index in [0.29, 0.717) is 11.5 Å². The molecule has 0 saturated carbocycles. The van der Waals surface area contributed by atoms with Crippen LogP contribution in [-0.2, 0) is 0 Å². The van der Waals surface area contributed by atoms with Crippen molar-refractivity contribution in [3.8, 4) is 11.5 Å². The minimum atomic E-state index is -0.872. The molecule has 0 amide bonds. The normalized spacial score (nSPS) is 11.9. The van der Waals surface area contributed by atoms with E-state index in [-0.39, 0.29) is 19.0 Å². The molecule has 0 aliphatic heterocycles. The number of rotatable bonds is 6. The van der Waals surface area contributed by atoms with Crippen LogP contribution < -0.4 is 9.47 Å². The summed E-state index contributed by atoms with van der Waals surface area (Å²) in [6.45, 7) is -0.0222. The fraction of sp³-hybridized carbons (Fsp3) is 0.200. The summed E-state index contributed by atoms with van der Waals surface area (Å²) in [6.07, 6.45) is -0.872. The number of ether oxygens (including phenoxy) is 2. The van der Waals surface area contributed by atoms with Crippen LogP contribution in [0.15, 0.2) is 48.5 Å². The van der Waals surface area contributed by atoms with Gasteiger partial charge in [0.15, 0.2) is 0 Å². The molecule has 0 heterocycles. The maximum absolute atomic E-state index is 12.9. The van der Waals surface area contributed by atoms with Gasteiger partial charge in [-0.05, 0) is 36.4 Å². The molecule has 0 spiro atoms. The molecule has 0 bridgehead atoms. The van der Waals surface area contributed by atoms with E-state index in [2.05, 4.69) is 0 Å². The fourth-order valence-corrected chi connectivity index (χ4v) is 1.52. The van der Waals surface area contributed by atoms with Crippen molar-refractivity contribution in [2.45, 2.75) is 6.10 Å². The smallest absolute Gasteiger partial charge is 0.126 e. The second-order valence-electron chi connectivity index (χ2n) is 4.19. The molecule has 2 rings (SSSR count). The van der Waals surface area contributed by atoms with Crippen LogP contribution in [0, 0.1) is 11.6 Å². The summed E-state index contributed by atoms with van der Waals surface area (Å²) >= 11 is 0. The Morgan fingerprint density at radius 3 is 2.15 bits per heavy atom. The highest BCUT2D eigenvalue weighted by Crippen LogP contribution is 2.13. The molecule has 0 radical (unpaired) electrons. The Morgan fingerprint density at radius 2 is 1.50 bits per heavy atom. The van der Waals surface area contributed by atoms with E-state index in [1.165, 1.54) is 42.5 Å². The van der Waals surface area contributed by atoms with Crippen molar-refractivity contribution >= 4 is 0 Å². The van der Waals surface area contributed by atoms with Gasteiger partial charge in [-0.25, -0.2) is 8.78 Å². The molecule has 0 aliphatic rings. The van der Waals surface area contributed by atoms with Gasteiger partial charge in [0.2, 0.25) is 0 Å². The van der Waals surface area contributed by atoms with Crippen LogP contribution in [0.1, 0.15) is 0 Å². The minimum Gasteiger partial charge on any atom is -0.491 e. The van der Waals surface area contributed by atoms with Crippen molar-refractivity contribution in [3.63, 3.8) is 0 Å². The molecule has 2 aromatic carbocycles. The van der Waals surface area contributed by atoms with Crippen molar-refractivity contribution in [1.29, 1.82) is 0 Å². The van der Waals surface area contributed by atoms with Gasteiger partial charge in [0.25, 0.3) is 0 Å². The second-order valence-corrected chi connectivity index (χ2v) is 4.19. The van der Waals surface area contributed by atoms with Gasteiger partial charge in [0.1, 0.15) is 42.5 Å². The molecule has 1 N–H and O–H groups in total. The average molecular weight is 280 g/mol. The summed E-state index contributed by atoms with van der Waals surface area (Å²) in [5.74, 6) is 0.0360. The first kappa shape index (κ1) is 14.3. The van der Waals surface area contributed by atoms with Crippen LogP contribution in [0.4, 0.5) is 8.78 Å². The molecule has 0 fully saturated rings. The lowest BCUT2D eigenvalue weighted by atomic mass is 10.3. The summed E-state index contributed by atoms with van der Waals surface area (Å²) < 4.78 is 36.1. The zero-order chi connectivity index (χ0) is 14.4. The molecule has 1 unspecified atom stereocenters. The third-order valence-electron chi connectivity index (χ3n) is 2.49. The quantitative estimate of drug-likeness (QED) is 0.884. The summed E-state index contributed by atoms with van der Waals surface area (Å²) in [5, 5.41) is 9.68. The fourth-order valence-electron chi connectivity index (χ4n) is 1.52. The van der Waals surface area contributed by atoms with Gasteiger partial charge in [0, 0.05) is 6.07 Å². The highest BCUT2D eigenvalue weighted by molar-refractivity contribution is 5.23. The first-order valence-electron chi connectivity index (χ1n) is 6.08. The zero-order valence-corrected chi connectivity index (χ0v) is 10.6. The molecule has 1 atom stereocenters. The topological polar surface area (TPSA) is 38.7 Å². The lowest BCUT2D eigenvalue weighted by Gasteiger charge is -2.13. The van der Waals surface area contributed by atoms with Crippen molar-refractivity contribution in [2.24, 2.45) is 0 Å². The van der Waals surface area contributed by atoms with E-state index in [9.17, 15) is 13.9 Å². The molecule has 20 heavy (non-hydrogen) atoms. The van der Waals surface area contributed by atoms with Gasteiger partial charge in [-0.2, -0.15) is 0 Å². The zero-order valence-electron chi connectivity index (χ0n) is 10.6. The molecule has 3 nitrogen and oxygen atoms in total. The lowest BCUT2D eigenvalue weighted by Crippen LogP contribution is -2.25. The van der Waals surface area contributed by atoms with Crippen LogP contribution in [0.25, 0.3) is 0 Å². The summed E-state index contributed by atoms with van der Waals surface area (Å²) in [4.78, 5) is 0. The molecule has 5 heteroatoms. The molecule has 106 valence electrons. The van der Waals surface area contributed by atoms with Gasteiger partial charge in [-0.1, -0.05) is 6.07 Å². The maximum Gasteiger partial charge on any atom is 0.126 e. The Kier molecular flexibility index (Phi) is 4.90. The predicted molar refractivity (Wildman–Crippen MR) is 69.8 cm³/mol. The highest BCUT2D eigenvalue weighted by Gasteiger charge is 2.07. The Labute approximate surface area is 115 Å². The van der Waals surface area contributed by atoms with E-state index >= 15 is 0 Å². The number of hydrogen-bond acceptors (Lipinski definition) is 3. The molecule has 2 aromatic rings. The second kappa shape index (κ2) is 6.86. The average Bonchev–Trinajstić information content (AvgIpc) is 2.45. The largest absolute Gasteiger partial charge is 0.491 e. The first-order valence-corrected chi connectivity index (χ1v) is 6.08. The van der Waals surface area contributed by atoms with Gasteiger partial charge in [-0.3, -0.25) is 0 Å². The number of aliphatic hydroxyl groups excluding tert-OH is 1. The number of benzene rings is 2. The van der Waals surface area contributed by atoms with E-state index in [0.717, 1.165) is 0 Å². The lowest BCUT2D eigenvalue weighted by molar-refractivity contribution is 0.0625. The van der Waals surface area contributed by atoms with Gasteiger partial charge >= 0.3 is 0 Å². The minimum absolute atomic E-state index is 0.000941. The Balaban J connectivity index is 1.75.